The Morgan fingerprint density at radius 2 is 1.95 bits per heavy atom. The van der Waals surface area contributed by atoms with Gasteiger partial charge in [-0.15, -0.1) is 0 Å². The number of ether oxygens (including phenoxy) is 1. The topological polar surface area (TPSA) is 97.8 Å². The van der Waals surface area contributed by atoms with Crippen LogP contribution in [0.15, 0.2) is 57.9 Å². The van der Waals surface area contributed by atoms with Gasteiger partial charge in [-0.25, -0.2) is 9.59 Å². The summed E-state index contributed by atoms with van der Waals surface area (Å²) >= 11 is 0. The van der Waals surface area contributed by atoms with Crippen LogP contribution in [0.5, 0.6) is 0 Å². The van der Waals surface area contributed by atoms with Crippen molar-refractivity contribution in [3.05, 3.63) is 87.0 Å². The zero-order valence-electron chi connectivity index (χ0n) is 22.0. The zero-order valence-corrected chi connectivity index (χ0v) is 22.0. The zero-order chi connectivity index (χ0) is 28.6. The number of aromatic nitrogens is 2. The smallest absolute Gasteiger partial charge is 0.419 e. The Kier molecular flexibility index (Phi) is 7.52. The summed E-state index contributed by atoms with van der Waals surface area (Å²) in [6.07, 6.45) is -4.63. The van der Waals surface area contributed by atoms with E-state index in [1.165, 1.54) is 4.57 Å². The van der Waals surface area contributed by atoms with Gasteiger partial charge in [-0.3, -0.25) is 14.5 Å². The van der Waals surface area contributed by atoms with E-state index >= 15 is 0 Å². The van der Waals surface area contributed by atoms with Crippen LogP contribution in [0, 0.1) is 6.92 Å². The van der Waals surface area contributed by atoms with Crippen molar-refractivity contribution >= 4 is 17.1 Å². The van der Waals surface area contributed by atoms with Crippen LogP contribution in [0.4, 0.5) is 13.2 Å². The summed E-state index contributed by atoms with van der Waals surface area (Å²) in [5.74, 6) is -0.863. The lowest BCUT2D eigenvalue weighted by Gasteiger charge is -2.26. The standard InChI is InChI=1S/C29H28F3N3O5/c1-17-20(6-7-21-22(17)16-39-27(21)37)25(36)15-35(11-3-10-29(30,31)32)14-18-4-8-23(33-13-18)19-5-9-26-24(12-19)34(2)28(38)40-26/h4-9,12-13,25,36H,3,10-11,14-16H2,1-2H3/t25-/m0/s1. The first-order valence-electron chi connectivity index (χ1n) is 12.8. The predicted molar refractivity (Wildman–Crippen MR) is 141 cm³/mol. The fourth-order valence-electron chi connectivity index (χ4n) is 5.04. The number of hydrogen-bond donors (Lipinski definition) is 1. The molecule has 11 heteroatoms. The van der Waals surface area contributed by atoms with Crippen molar-refractivity contribution in [2.75, 3.05) is 13.1 Å². The Labute approximate surface area is 227 Å². The highest BCUT2D eigenvalue weighted by atomic mass is 19.4. The fourth-order valence-corrected chi connectivity index (χ4v) is 5.04. The molecule has 0 saturated heterocycles. The molecular formula is C29H28F3N3O5. The number of pyridine rings is 1. The van der Waals surface area contributed by atoms with Crippen molar-refractivity contribution < 1.29 is 32.2 Å². The molecule has 1 atom stereocenters. The molecule has 8 nitrogen and oxygen atoms in total. The predicted octanol–water partition coefficient (Wildman–Crippen LogP) is 5.05. The maximum absolute atomic E-state index is 12.9. The number of carbonyl (C=O) groups is 1. The van der Waals surface area contributed by atoms with E-state index in [0.29, 0.717) is 27.9 Å². The first kappa shape index (κ1) is 27.6. The monoisotopic (exact) mass is 555 g/mol. The highest BCUT2D eigenvalue weighted by molar-refractivity contribution is 5.94. The van der Waals surface area contributed by atoms with Gasteiger partial charge in [0.15, 0.2) is 5.58 Å². The lowest BCUT2D eigenvalue weighted by Crippen LogP contribution is -2.30. The molecule has 3 heterocycles. The summed E-state index contributed by atoms with van der Waals surface area (Å²) in [6, 6.07) is 12.2. The van der Waals surface area contributed by atoms with Crippen LogP contribution >= 0.6 is 0 Å². The Balaban J connectivity index is 1.33. The molecule has 0 fully saturated rings. The first-order valence-corrected chi connectivity index (χ1v) is 12.8. The molecule has 5 rings (SSSR count). The molecule has 1 aliphatic heterocycles. The number of esters is 1. The van der Waals surface area contributed by atoms with Gasteiger partial charge in [0.2, 0.25) is 0 Å². The van der Waals surface area contributed by atoms with Crippen molar-refractivity contribution in [3.63, 3.8) is 0 Å². The van der Waals surface area contributed by atoms with Gasteiger partial charge in [0, 0.05) is 43.9 Å². The van der Waals surface area contributed by atoms with Crippen LogP contribution in [0.25, 0.3) is 22.4 Å². The van der Waals surface area contributed by atoms with Crippen LogP contribution in [0.2, 0.25) is 0 Å². The molecule has 0 spiro atoms. The third-order valence-corrected chi connectivity index (χ3v) is 7.25. The molecular weight excluding hydrogens is 527 g/mol. The average molecular weight is 556 g/mol. The Hall–Kier alpha value is -3.96. The SMILES string of the molecule is Cc1c([C@@H](O)CN(CCCC(F)(F)F)Cc2ccc(-c3ccc4oc(=O)n(C)c4c3)nc2)ccc2c1COC2=O. The maximum Gasteiger partial charge on any atom is 0.419 e. The summed E-state index contributed by atoms with van der Waals surface area (Å²) in [5, 5.41) is 11.1. The van der Waals surface area contributed by atoms with E-state index in [9.17, 15) is 27.9 Å². The van der Waals surface area contributed by atoms with E-state index in [1.54, 1.807) is 61.5 Å². The Morgan fingerprint density at radius 1 is 1.15 bits per heavy atom. The third kappa shape index (κ3) is 5.80. The molecule has 4 aromatic rings. The van der Waals surface area contributed by atoms with Gasteiger partial charge >= 0.3 is 17.9 Å². The Morgan fingerprint density at radius 3 is 2.67 bits per heavy atom. The lowest BCUT2D eigenvalue weighted by atomic mass is 9.95. The van der Waals surface area contributed by atoms with Crippen molar-refractivity contribution in [3.8, 4) is 11.3 Å². The van der Waals surface area contributed by atoms with Crippen molar-refractivity contribution in [2.45, 2.75) is 45.2 Å². The van der Waals surface area contributed by atoms with Gasteiger partial charge in [0.05, 0.1) is 22.9 Å². The molecule has 0 aliphatic carbocycles. The number of nitrogens with zero attached hydrogens (tertiary/aromatic N) is 3. The highest BCUT2D eigenvalue weighted by Gasteiger charge is 2.28. The van der Waals surface area contributed by atoms with Gasteiger partial charge in [0.1, 0.15) is 6.61 Å². The summed E-state index contributed by atoms with van der Waals surface area (Å²) in [7, 11) is 1.62. The molecule has 2 aromatic carbocycles. The summed E-state index contributed by atoms with van der Waals surface area (Å²) < 4.78 is 50.2. The van der Waals surface area contributed by atoms with Gasteiger partial charge in [-0.2, -0.15) is 13.2 Å². The maximum atomic E-state index is 12.9. The van der Waals surface area contributed by atoms with Gasteiger partial charge in [-0.05, 0) is 66.9 Å². The van der Waals surface area contributed by atoms with E-state index < -0.39 is 30.4 Å². The van der Waals surface area contributed by atoms with E-state index in [4.69, 9.17) is 9.15 Å². The van der Waals surface area contributed by atoms with Gasteiger partial charge < -0.3 is 14.3 Å². The average Bonchev–Trinajstić information content (AvgIpc) is 3.42. The van der Waals surface area contributed by atoms with E-state index in [1.807, 2.05) is 6.07 Å². The van der Waals surface area contributed by atoms with Crippen molar-refractivity contribution in [2.24, 2.45) is 7.05 Å². The number of benzene rings is 2. The number of halogens is 3. The minimum absolute atomic E-state index is 0.0965. The van der Waals surface area contributed by atoms with E-state index in [0.717, 1.165) is 22.3 Å². The molecule has 0 radical (unpaired) electrons. The molecule has 0 unspecified atom stereocenters. The van der Waals surface area contributed by atoms with Crippen LogP contribution in [-0.2, 0) is 24.9 Å². The number of carbonyl (C=O) groups excluding carboxylic acids is 1. The number of fused-ring (bicyclic) bond motifs is 2. The van der Waals surface area contributed by atoms with Crippen molar-refractivity contribution in [1.82, 2.24) is 14.5 Å². The summed E-state index contributed by atoms with van der Waals surface area (Å²) in [4.78, 5) is 29.9. The number of aryl methyl sites for hydroxylation is 1. The minimum atomic E-state index is -4.27. The molecule has 40 heavy (non-hydrogen) atoms. The number of aliphatic hydroxyl groups excluding tert-OH is 1. The van der Waals surface area contributed by atoms with Crippen LogP contribution < -0.4 is 5.76 Å². The number of rotatable bonds is 9. The number of alkyl halides is 3. The Bertz CT molecular complexity index is 1610. The first-order chi connectivity index (χ1) is 19.0. The third-order valence-electron chi connectivity index (χ3n) is 7.25. The van der Waals surface area contributed by atoms with Crippen molar-refractivity contribution in [1.29, 1.82) is 0 Å². The highest BCUT2D eigenvalue weighted by Crippen LogP contribution is 2.30. The van der Waals surface area contributed by atoms with Crippen LogP contribution in [0.3, 0.4) is 0 Å². The van der Waals surface area contributed by atoms with Crippen LogP contribution in [-0.4, -0.2) is 44.8 Å². The molecule has 0 bridgehead atoms. The molecule has 2 aromatic heterocycles. The number of hydrogen-bond acceptors (Lipinski definition) is 7. The summed E-state index contributed by atoms with van der Waals surface area (Å²) in [5.41, 5.74) is 5.85. The summed E-state index contributed by atoms with van der Waals surface area (Å²) in [6.45, 7) is 2.43. The number of aliphatic hydroxyl groups is 1. The molecule has 1 aliphatic rings. The molecule has 0 amide bonds. The largest absolute Gasteiger partial charge is 0.457 e. The quantitative estimate of drug-likeness (QED) is 0.289. The molecule has 0 saturated carbocycles. The second kappa shape index (κ2) is 10.9. The normalized spacial score (nSPS) is 14.1. The van der Waals surface area contributed by atoms with E-state index in [-0.39, 0.29) is 32.7 Å². The van der Waals surface area contributed by atoms with Gasteiger partial charge in [0.25, 0.3) is 0 Å². The number of cyclic esters (lactones) is 1. The fraction of sp³-hybridized carbons (Fsp3) is 0.345. The van der Waals surface area contributed by atoms with Crippen LogP contribution in [0.1, 0.15) is 51.6 Å². The molecule has 1 N–H and O–H groups in total. The van der Waals surface area contributed by atoms with E-state index in [2.05, 4.69) is 4.98 Å². The number of oxazole rings is 1. The minimum Gasteiger partial charge on any atom is -0.457 e. The van der Waals surface area contributed by atoms with Gasteiger partial charge in [-0.1, -0.05) is 12.1 Å². The second-order valence-corrected chi connectivity index (χ2v) is 10.0. The lowest BCUT2D eigenvalue weighted by molar-refractivity contribution is -0.136. The second-order valence-electron chi connectivity index (χ2n) is 10.0. The molecule has 210 valence electrons.